The van der Waals surface area contributed by atoms with Crippen LogP contribution in [0.5, 0.6) is 0 Å². The Kier molecular flexibility index (Phi) is 7.07. The molecule has 0 atom stereocenters. The largest absolute Gasteiger partial charge is 0.357 e. The second-order valence-corrected chi connectivity index (χ2v) is 7.49. The summed E-state index contributed by atoms with van der Waals surface area (Å²) < 4.78 is 0. The van der Waals surface area contributed by atoms with Crippen LogP contribution in [0.1, 0.15) is 30.8 Å². The quantitative estimate of drug-likeness (QED) is 0.463. The number of nitrogens with zero attached hydrogens (tertiary/aromatic N) is 3. The summed E-state index contributed by atoms with van der Waals surface area (Å²) in [5.41, 5.74) is 4.57. The fraction of sp³-hybridized carbons (Fsp3) is 0.292. The van der Waals surface area contributed by atoms with Crippen molar-refractivity contribution in [2.45, 2.75) is 34.6 Å². The molecule has 31 heavy (non-hydrogen) atoms. The van der Waals surface area contributed by atoms with Crippen LogP contribution in [0.2, 0.25) is 0 Å². The normalized spacial score (nSPS) is 10.5. The van der Waals surface area contributed by atoms with Crippen molar-refractivity contribution in [3.8, 4) is 0 Å². The fourth-order valence-electron chi connectivity index (χ4n) is 3.45. The fourth-order valence-corrected chi connectivity index (χ4v) is 3.45. The summed E-state index contributed by atoms with van der Waals surface area (Å²) in [5, 5.41) is 9.05. The predicted octanol–water partition coefficient (Wildman–Crippen LogP) is 5.64. The first-order valence-electron chi connectivity index (χ1n) is 10.5. The van der Waals surface area contributed by atoms with E-state index in [9.17, 15) is 4.79 Å². The number of aromatic nitrogens is 2. The molecule has 1 heterocycles. The van der Waals surface area contributed by atoms with Crippen LogP contribution in [0.4, 0.5) is 33.5 Å². The van der Waals surface area contributed by atoms with Crippen LogP contribution in [-0.2, 0) is 0 Å². The number of nitrogens with one attached hydrogen (secondary N) is 3. The Balaban J connectivity index is 1.64. The predicted molar refractivity (Wildman–Crippen MR) is 129 cm³/mol. The minimum Gasteiger partial charge on any atom is -0.357 e. The molecule has 0 saturated carbocycles. The van der Waals surface area contributed by atoms with Gasteiger partial charge < -0.3 is 20.9 Å². The molecule has 3 N–H and O–H groups in total. The van der Waals surface area contributed by atoms with Crippen LogP contribution in [0, 0.1) is 20.8 Å². The van der Waals surface area contributed by atoms with E-state index in [-0.39, 0.29) is 6.03 Å². The van der Waals surface area contributed by atoms with Crippen molar-refractivity contribution >= 4 is 34.7 Å². The molecule has 0 fully saturated rings. The maximum Gasteiger partial charge on any atom is 0.323 e. The zero-order valence-electron chi connectivity index (χ0n) is 18.8. The zero-order chi connectivity index (χ0) is 22.4. The average Bonchev–Trinajstić information content (AvgIpc) is 2.69. The molecular weight excluding hydrogens is 388 g/mol. The molecule has 7 heteroatoms. The maximum absolute atomic E-state index is 12.3. The zero-order valence-corrected chi connectivity index (χ0v) is 18.8. The van der Waals surface area contributed by atoms with Crippen molar-refractivity contribution in [2.24, 2.45) is 0 Å². The highest BCUT2D eigenvalue weighted by molar-refractivity contribution is 5.99. The van der Waals surface area contributed by atoms with Gasteiger partial charge in [0.05, 0.1) is 0 Å². The van der Waals surface area contributed by atoms with Crippen LogP contribution in [0.3, 0.4) is 0 Å². The van der Waals surface area contributed by atoms with Crippen LogP contribution < -0.4 is 20.9 Å². The van der Waals surface area contributed by atoms with E-state index in [4.69, 9.17) is 0 Å². The molecule has 162 valence electrons. The van der Waals surface area contributed by atoms with E-state index in [0.29, 0.717) is 11.5 Å². The summed E-state index contributed by atoms with van der Waals surface area (Å²) >= 11 is 0. The van der Waals surface area contributed by atoms with Gasteiger partial charge in [0.15, 0.2) is 0 Å². The molecule has 2 amide bonds. The van der Waals surface area contributed by atoms with E-state index in [1.165, 1.54) is 0 Å². The lowest BCUT2D eigenvalue weighted by Gasteiger charge is -2.20. The molecule has 1 aromatic heterocycles. The van der Waals surface area contributed by atoms with Crippen LogP contribution >= 0.6 is 0 Å². The summed E-state index contributed by atoms with van der Waals surface area (Å²) in [4.78, 5) is 23.5. The Hall–Kier alpha value is -3.61. The SMILES string of the molecule is CCN(CC)c1cc(Nc2ccc(NC(=O)Nc3cc(C)cc(C)c3)cc2)nc(C)n1. The van der Waals surface area contributed by atoms with Gasteiger partial charge in [-0.05, 0) is 82.1 Å². The van der Waals surface area contributed by atoms with E-state index in [0.717, 1.165) is 47.2 Å². The molecule has 2 aromatic carbocycles. The highest BCUT2D eigenvalue weighted by Crippen LogP contribution is 2.21. The Labute approximate surface area is 183 Å². The number of rotatable bonds is 7. The smallest absolute Gasteiger partial charge is 0.323 e. The number of anilines is 5. The summed E-state index contributed by atoms with van der Waals surface area (Å²) in [6, 6.07) is 15.1. The number of hydrogen-bond acceptors (Lipinski definition) is 5. The lowest BCUT2D eigenvalue weighted by Crippen LogP contribution is -2.23. The molecule has 7 nitrogen and oxygen atoms in total. The summed E-state index contributed by atoms with van der Waals surface area (Å²) in [5.74, 6) is 2.36. The van der Waals surface area contributed by atoms with Crippen molar-refractivity contribution in [3.05, 3.63) is 65.5 Å². The standard InChI is InChI=1S/C24H30N6O/c1-6-30(7-2)23-15-22(25-18(5)26-23)27-19-8-10-20(11-9-19)28-24(31)29-21-13-16(3)12-17(4)14-21/h8-15H,6-7H2,1-5H3,(H,25,26,27)(H2,28,29,31). The first-order chi connectivity index (χ1) is 14.9. The molecular formula is C24H30N6O. The van der Waals surface area contributed by atoms with Gasteiger partial charge in [0.2, 0.25) is 0 Å². The van der Waals surface area contributed by atoms with Crippen molar-refractivity contribution in [3.63, 3.8) is 0 Å². The molecule has 0 saturated heterocycles. The van der Waals surface area contributed by atoms with E-state index in [1.54, 1.807) is 0 Å². The van der Waals surface area contributed by atoms with Gasteiger partial charge in [-0.2, -0.15) is 0 Å². The van der Waals surface area contributed by atoms with Crippen LogP contribution in [0.25, 0.3) is 0 Å². The molecule has 0 unspecified atom stereocenters. The van der Waals surface area contributed by atoms with Gasteiger partial charge in [-0.1, -0.05) is 6.07 Å². The number of carbonyl (C=O) groups excluding carboxylic acids is 1. The van der Waals surface area contributed by atoms with E-state index < -0.39 is 0 Å². The number of carbonyl (C=O) groups is 1. The Bertz CT molecular complexity index is 1020. The number of benzene rings is 2. The molecule has 0 bridgehead atoms. The summed E-state index contributed by atoms with van der Waals surface area (Å²) in [6.45, 7) is 11.9. The van der Waals surface area contributed by atoms with Crippen molar-refractivity contribution in [2.75, 3.05) is 33.9 Å². The average molecular weight is 419 g/mol. The lowest BCUT2D eigenvalue weighted by atomic mass is 10.1. The molecule has 0 radical (unpaired) electrons. The number of amides is 2. The molecule has 0 spiro atoms. The maximum atomic E-state index is 12.3. The van der Waals surface area contributed by atoms with Gasteiger partial charge in [-0.15, -0.1) is 0 Å². The lowest BCUT2D eigenvalue weighted by molar-refractivity contribution is 0.262. The molecule has 3 rings (SSSR count). The van der Waals surface area contributed by atoms with Crippen molar-refractivity contribution in [1.29, 1.82) is 0 Å². The first-order valence-corrected chi connectivity index (χ1v) is 10.5. The van der Waals surface area contributed by atoms with Gasteiger partial charge in [0.1, 0.15) is 17.5 Å². The highest BCUT2D eigenvalue weighted by atomic mass is 16.2. The second kappa shape index (κ2) is 9.93. The number of aryl methyl sites for hydroxylation is 3. The van der Waals surface area contributed by atoms with Crippen LogP contribution in [0.15, 0.2) is 48.5 Å². The van der Waals surface area contributed by atoms with Crippen LogP contribution in [-0.4, -0.2) is 29.1 Å². The molecule has 0 aliphatic rings. The molecule has 0 aliphatic carbocycles. The Morgan fingerprint density at radius 3 is 2.00 bits per heavy atom. The number of urea groups is 1. The van der Waals surface area contributed by atoms with Gasteiger partial charge in [0.25, 0.3) is 0 Å². The topological polar surface area (TPSA) is 82.2 Å². The summed E-state index contributed by atoms with van der Waals surface area (Å²) in [6.07, 6.45) is 0. The third-order valence-electron chi connectivity index (χ3n) is 4.81. The van der Waals surface area contributed by atoms with Crippen molar-refractivity contribution in [1.82, 2.24) is 9.97 Å². The minimum atomic E-state index is -0.277. The summed E-state index contributed by atoms with van der Waals surface area (Å²) in [7, 11) is 0. The molecule has 3 aromatic rings. The van der Waals surface area contributed by atoms with Gasteiger partial charge in [0, 0.05) is 36.2 Å². The Morgan fingerprint density at radius 2 is 1.39 bits per heavy atom. The van der Waals surface area contributed by atoms with E-state index in [1.807, 2.05) is 63.2 Å². The third-order valence-corrected chi connectivity index (χ3v) is 4.81. The highest BCUT2D eigenvalue weighted by Gasteiger charge is 2.08. The van der Waals surface area contributed by atoms with E-state index in [2.05, 4.69) is 50.7 Å². The number of hydrogen-bond donors (Lipinski definition) is 3. The van der Waals surface area contributed by atoms with Gasteiger partial charge in [-0.3, -0.25) is 0 Å². The van der Waals surface area contributed by atoms with Crippen molar-refractivity contribution < 1.29 is 4.79 Å². The van der Waals surface area contributed by atoms with E-state index >= 15 is 0 Å². The third kappa shape index (κ3) is 6.18. The van der Waals surface area contributed by atoms with Gasteiger partial charge >= 0.3 is 6.03 Å². The monoisotopic (exact) mass is 418 g/mol. The van der Waals surface area contributed by atoms with Gasteiger partial charge in [-0.25, -0.2) is 14.8 Å². The minimum absolute atomic E-state index is 0.277. The molecule has 0 aliphatic heterocycles. The second-order valence-electron chi connectivity index (χ2n) is 7.49. The first kappa shape index (κ1) is 22.1. The Morgan fingerprint density at radius 1 is 0.806 bits per heavy atom.